The van der Waals surface area contributed by atoms with Crippen LogP contribution in [0.5, 0.6) is 0 Å². The van der Waals surface area contributed by atoms with Gasteiger partial charge in [0.25, 0.3) is 0 Å². The summed E-state index contributed by atoms with van der Waals surface area (Å²) in [6.45, 7) is 2.12. The summed E-state index contributed by atoms with van der Waals surface area (Å²) < 4.78 is 1.86. The number of rotatable bonds is 3. The number of likely N-dealkylation sites (tertiary alicyclic amines) is 1. The third-order valence-corrected chi connectivity index (χ3v) is 2.79. The van der Waals surface area contributed by atoms with E-state index in [9.17, 15) is 4.79 Å². The Balaban J connectivity index is 1.93. The van der Waals surface area contributed by atoms with Gasteiger partial charge in [-0.2, -0.15) is 0 Å². The first kappa shape index (κ1) is 10.1. The lowest BCUT2D eigenvalue weighted by atomic mass is 10.1. The SMILES string of the molecule is Cn1cnnc1CN1CCC(C(=O)O)C1. The van der Waals surface area contributed by atoms with Crippen molar-refractivity contribution in [3.63, 3.8) is 0 Å². The number of carboxylic acids is 1. The lowest BCUT2D eigenvalue weighted by molar-refractivity contribution is -0.141. The quantitative estimate of drug-likeness (QED) is 0.743. The maximum Gasteiger partial charge on any atom is 0.307 e. The minimum atomic E-state index is -0.699. The summed E-state index contributed by atoms with van der Waals surface area (Å²) in [6.07, 6.45) is 2.38. The fraction of sp³-hybridized carbons (Fsp3) is 0.667. The van der Waals surface area contributed by atoms with Crippen molar-refractivity contribution >= 4 is 5.97 Å². The third-order valence-electron chi connectivity index (χ3n) is 2.79. The van der Waals surface area contributed by atoms with Gasteiger partial charge in [0.05, 0.1) is 12.5 Å². The minimum Gasteiger partial charge on any atom is -0.481 e. The first-order chi connectivity index (χ1) is 7.16. The average Bonchev–Trinajstić information content (AvgIpc) is 2.77. The van der Waals surface area contributed by atoms with Gasteiger partial charge in [-0.25, -0.2) is 0 Å². The van der Waals surface area contributed by atoms with E-state index in [4.69, 9.17) is 5.11 Å². The van der Waals surface area contributed by atoms with Gasteiger partial charge in [-0.05, 0) is 13.0 Å². The number of carbonyl (C=O) groups is 1. The fourth-order valence-corrected chi connectivity index (χ4v) is 1.83. The van der Waals surface area contributed by atoms with E-state index in [2.05, 4.69) is 15.1 Å². The maximum atomic E-state index is 10.8. The van der Waals surface area contributed by atoms with Crippen LogP contribution in [0.25, 0.3) is 0 Å². The van der Waals surface area contributed by atoms with Crippen LogP contribution in [0.1, 0.15) is 12.2 Å². The molecular weight excluding hydrogens is 196 g/mol. The van der Waals surface area contributed by atoms with Crippen LogP contribution in [0.4, 0.5) is 0 Å². The van der Waals surface area contributed by atoms with Crippen LogP contribution in [-0.4, -0.2) is 43.8 Å². The Bertz CT molecular complexity index is 363. The minimum absolute atomic E-state index is 0.224. The summed E-state index contributed by atoms with van der Waals surface area (Å²) >= 11 is 0. The lowest BCUT2D eigenvalue weighted by Crippen LogP contribution is -2.24. The number of aromatic nitrogens is 3. The zero-order valence-corrected chi connectivity index (χ0v) is 8.63. The molecule has 0 bridgehead atoms. The summed E-state index contributed by atoms with van der Waals surface area (Å²) in [4.78, 5) is 12.9. The van der Waals surface area contributed by atoms with E-state index < -0.39 is 5.97 Å². The summed E-state index contributed by atoms with van der Waals surface area (Å²) in [7, 11) is 1.89. The van der Waals surface area contributed by atoms with E-state index in [1.807, 2.05) is 11.6 Å². The van der Waals surface area contributed by atoms with Gasteiger partial charge >= 0.3 is 5.97 Å². The normalized spacial score (nSPS) is 22.1. The molecule has 1 unspecified atom stereocenters. The van der Waals surface area contributed by atoms with Crippen LogP contribution in [0.3, 0.4) is 0 Å². The smallest absolute Gasteiger partial charge is 0.307 e. The summed E-state index contributed by atoms with van der Waals surface area (Å²) in [5.41, 5.74) is 0. The van der Waals surface area contributed by atoms with E-state index in [-0.39, 0.29) is 5.92 Å². The van der Waals surface area contributed by atoms with Crippen molar-refractivity contribution in [2.45, 2.75) is 13.0 Å². The Kier molecular flexibility index (Phi) is 2.68. The van der Waals surface area contributed by atoms with E-state index >= 15 is 0 Å². The number of aryl methyl sites for hydroxylation is 1. The fourth-order valence-electron chi connectivity index (χ4n) is 1.83. The summed E-state index contributed by atoms with van der Waals surface area (Å²) in [5, 5.41) is 16.6. The average molecular weight is 210 g/mol. The molecule has 1 fully saturated rings. The van der Waals surface area contributed by atoms with Crippen LogP contribution < -0.4 is 0 Å². The van der Waals surface area contributed by atoms with Crippen molar-refractivity contribution in [2.75, 3.05) is 13.1 Å². The lowest BCUT2D eigenvalue weighted by Gasteiger charge is -2.13. The highest BCUT2D eigenvalue weighted by Gasteiger charge is 2.28. The van der Waals surface area contributed by atoms with E-state index in [0.717, 1.165) is 18.8 Å². The Morgan fingerprint density at radius 1 is 1.73 bits per heavy atom. The largest absolute Gasteiger partial charge is 0.481 e. The molecule has 0 radical (unpaired) electrons. The molecule has 0 saturated carbocycles. The second-order valence-electron chi connectivity index (χ2n) is 3.92. The molecule has 1 atom stereocenters. The highest BCUT2D eigenvalue weighted by Crippen LogP contribution is 2.17. The molecule has 2 heterocycles. The Labute approximate surface area is 87.5 Å². The predicted octanol–water partition coefficient (Wildman–Crippen LogP) is -0.278. The van der Waals surface area contributed by atoms with Crippen molar-refractivity contribution in [2.24, 2.45) is 13.0 Å². The van der Waals surface area contributed by atoms with Gasteiger partial charge in [-0.3, -0.25) is 9.69 Å². The highest BCUT2D eigenvalue weighted by molar-refractivity contribution is 5.70. The zero-order chi connectivity index (χ0) is 10.8. The molecule has 6 heteroatoms. The first-order valence-corrected chi connectivity index (χ1v) is 4.95. The molecule has 15 heavy (non-hydrogen) atoms. The van der Waals surface area contributed by atoms with E-state index in [1.165, 1.54) is 0 Å². The van der Waals surface area contributed by atoms with Gasteiger partial charge in [-0.1, -0.05) is 0 Å². The van der Waals surface area contributed by atoms with E-state index in [1.54, 1.807) is 6.33 Å². The molecule has 6 nitrogen and oxygen atoms in total. The Hall–Kier alpha value is -1.43. The molecule has 1 saturated heterocycles. The van der Waals surface area contributed by atoms with Crippen molar-refractivity contribution < 1.29 is 9.90 Å². The number of aliphatic carboxylic acids is 1. The number of hydrogen-bond acceptors (Lipinski definition) is 4. The summed E-state index contributed by atoms with van der Waals surface area (Å²) in [5.74, 6) is -0.0465. The Morgan fingerprint density at radius 2 is 2.53 bits per heavy atom. The molecule has 0 aliphatic carbocycles. The molecule has 0 aromatic carbocycles. The molecule has 82 valence electrons. The van der Waals surface area contributed by atoms with Crippen LogP contribution >= 0.6 is 0 Å². The molecule has 1 aromatic heterocycles. The van der Waals surface area contributed by atoms with Gasteiger partial charge in [-0.15, -0.1) is 10.2 Å². The molecule has 1 aliphatic heterocycles. The molecule has 0 spiro atoms. The molecule has 1 aromatic rings. The molecule has 2 rings (SSSR count). The van der Waals surface area contributed by atoms with Gasteiger partial charge in [0.15, 0.2) is 0 Å². The summed E-state index contributed by atoms with van der Waals surface area (Å²) in [6, 6.07) is 0. The topological polar surface area (TPSA) is 71.2 Å². The standard InChI is InChI=1S/C9H14N4O2/c1-12-6-10-11-8(12)5-13-3-2-7(4-13)9(14)15/h6-7H,2-5H2,1H3,(H,14,15). The van der Waals surface area contributed by atoms with Crippen LogP contribution in [0, 0.1) is 5.92 Å². The van der Waals surface area contributed by atoms with Crippen molar-refractivity contribution in [1.82, 2.24) is 19.7 Å². The number of carboxylic acid groups (broad SMARTS) is 1. The predicted molar refractivity (Wildman–Crippen MR) is 52.0 cm³/mol. The van der Waals surface area contributed by atoms with Gasteiger partial charge in [0, 0.05) is 13.6 Å². The second-order valence-corrected chi connectivity index (χ2v) is 3.92. The molecular formula is C9H14N4O2. The van der Waals surface area contributed by atoms with Crippen LogP contribution in [-0.2, 0) is 18.4 Å². The van der Waals surface area contributed by atoms with Crippen molar-refractivity contribution in [3.05, 3.63) is 12.2 Å². The van der Waals surface area contributed by atoms with Gasteiger partial charge < -0.3 is 9.67 Å². The first-order valence-electron chi connectivity index (χ1n) is 4.95. The number of nitrogens with zero attached hydrogens (tertiary/aromatic N) is 4. The maximum absolute atomic E-state index is 10.8. The van der Waals surface area contributed by atoms with Crippen molar-refractivity contribution in [1.29, 1.82) is 0 Å². The molecule has 1 aliphatic rings. The van der Waals surface area contributed by atoms with Crippen LogP contribution in [0.2, 0.25) is 0 Å². The van der Waals surface area contributed by atoms with E-state index in [0.29, 0.717) is 13.1 Å². The van der Waals surface area contributed by atoms with Crippen LogP contribution in [0.15, 0.2) is 6.33 Å². The monoisotopic (exact) mass is 210 g/mol. The van der Waals surface area contributed by atoms with Crippen molar-refractivity contribution in [3.8, 4) is 0 Å². The third kappa shape index (κ3) is 2.15. The molecule has 0 amide bonds. The number of hydrogen-bond donors (Lipinski definition) is 1. The Morgan fingerprint density at radius 3 is 3.07 bits per heavy atom. The highest BCUT2D eigenvalue weighted by atomic mass is 16.4. The van der Waals surface area contributed by atoms with Gasteiger partial charge in [0.2, 0.25) is 0 Å². The van der Waals surface area contributed by atoms with Gasteiger partial charge in [0.1, 0.15) is 12.2 Å². The second kappa shape index (κ2) is 3.98. The molecule has 1 N–H and O–H groups in total. The zero-order valence-electron chi connectivity index (χ0n) is 8.63.